The molecular weight excluding hydrogens is 580 g/mol. The van der Waals surface area contributed by atoms with Crippen molar-refractivity contribution in [1.82, 2.24) is 9.97 Å². The van der Waals surface area contributed by atoms with Gasteiger partial charge in [-0.15, -0.1) is 0 Å². The van der Waals surface area contributed by atoms with Crippen molar-refractivity contribution in [3.05, 3.63) is 67.3 Å². The van der Waals surface area contributed by atoms with Gasteiger partial charge < -0.3 is 30.4 Å². The standard InChI is InChI=1S/C33H36N4O8/c1-14-20(7-9-28(40)41)26(34-22(14)11-24-16(3)30(18(5)38)32(44)36-24)13-27-21(8-10-29(42)43)15(2)23(35-27)12-25-17(4)31(19(6)39)33(45)37-25/h11-12,36-37,44-45H,7-10,13H2,1-6H3,(H,40,41)(H,42,43). The van der Waals surface area contributed by atoms with Crippen LogP contribution in [0.1, 0.15) is 103 Å². The summed E-state index contributed by atoms with van der Waals surface area (Å²) in [6.07, 6.45) is 3.71. The summed E-state index contributed by atoms with van der Waals surface area (Å²) >= 11 is 0. The van der Waals surface area contributed by atoms with E-state index in [2.05, 4.69) is 9.97 Å². The molecule has 12 nitrogen and oxygen atoms in total. The number of aliphatic carboxylic acids is 2. The van der Waals surface area contributed by atoms with Gasteiger partial charge in [-0.1, -0.05) is 0 Å². The lowest BCUT2D eigenvalue weighted by Crippen LogP contribution is -2.12. The smallest absolute Gasteiger partial charge is 0.303 e. The summed E-state index contributed by atoms with van der Waals surface area (Å²) in [5, 5.41) is 39.4. The number of nitrogens with zero attached hydrogens (tertiary/aromatic N) is 2. The molecule has 0 aromatic carbocycles. The minimum Gasteiger partial charge on any atom is -0.494 e. The highest BCUT2D eigenvalue weighted by Gasteiger charge is 2.29. The fourth-order valence-corrected chi connectivity index (χ4v) is 5.81. The summed E-state index contributed by atoms with van der Waals surface area (Å²) in [5.41, 5.74) is 7.58. The number of hydrogen-bond acceptors (Lipinski definition) is 8. The lowest BCUT2D eigenvalue weighted by Gasteiger charge is -2.10. The van der Waals surface area contributed by atoms with Crippen molar-refractivity contribution in [3.63, 3.8) is 0 Å². The number of aromatic amines is 2. The number of Topliss-reactive ketones (excluding diaryl/α,β-unsaturated/α-hetero) is 2. The molecule has 236 valence electrons. The maximum absolute atomic E-state index is 12.0. The number of ketones is 2. The second-order valence-electron chi connectivity index (χ2n) is 11.2. The molecule has 2 aromatic heterocycles. The van der Waals surface area contributed by atoms with Gasteiger partial charge in [0, 0.05) is 30.7 Å². The summed E-state index contributed by atoms with van der Waals surface area (Å²) in [4.78, 5) is 62.4. The van der Waals surface area contributed by atoms with Crippen molar-refractivity contribution in [1.29, 1.82) is 0 Å². The number of aliphatic imine (C=N–C) groups is 2. The highest BCUT2D eigenvalue weighted by atomic mass is 16.4. The van der Waals surface area contributed by atoms with E-state index >= 15 is 0 Å². The highest BCUT2D eigenvalue weighted by Crippen LogP contribution is 2.37. The van der Waals surface area contributed by atoms with Crippen LogP contribution < -0.4 is 0 Å². The minimum atomic E-state index is -0.973. The van der Waals surface area contributed by atoms with E-state index in [0.29, 0.717) is 45.3 Å². The summed E-state index contributed by atoms with van der Waals surface area (Å²) in [6, 6.07) is 0. The van der Waals surface area contributed by atoms with Crippen LogP contribution in [0.15, 0.2) is 43.7 Å². The Morgan fingerprint density at radius 3 is 1.31 bits per heavy atom. The van der Waals surface area contributed by atoms with Crippen LogP contribution >= 0.6 is 0 Å². The van der Waals surface area contributed by atoms with Gasteiger partial charge in [0.05, 0.1) is 33.9 Å². The molecule has 0 saturated carbocycles. The molecule has 2 aromatic rings. The van der Waals surface area contributed by atoms with Crippen LogP contribution in [0.5, 0.6) is 11.8 Å². The van der Waals surface area contributed by atoms with E-state index in [1.807, 2.05) is 13.8 Å². The SMILES string of the molecule is CC(=O)c1c(O)[nH]c(C=C2N=C(CC3=NC(=Cc4[nH]c(O)c(C(C)=O)c4C)C(C)=C3CCC(=O)O)C(CCC(=O)O)=C2C)c1C. The van der Waals surface area contributed by atoms with Gasteiger partial charge in [0.15, 0.2) is 23.3 Å². The molecule has 2 aliphatic heterocycles. The zero-order chi connectivity index (χ0) is 33.3. The Bertz CT molecular complexity index is 1710. The monoisotopic (exact) mass is 616 g/mol. The summed E-state index contributed by atoms with van der Waals surface area (Å²) in [5.74, 6) is -3.02. The molecule has 0 radical (unpaired) electrons. The fourth-order valence-electron chi connectivity index (χ4n) is 5.81. The predicted molar refractivity (Wildman–Crippen MR) is 169 cm³/mol. The summed E-state index contributed by atoms with van der Waals surface area (Å²) in [6.45, 7) is 9.78. The first-order valence-electron chi connectivity index (χ1n) is 14.4. The molecule has 0 amide bonds. The molecule has 12 heteroatoms. The second-order valence-corrected chi connectivity index (χ2v) is 11.2. The summed E-state index contributed by atoms with van der Waals surface area (Å²) < 4.78 is 0. The van der Waals surface area contributed by atoms with Gasteiger partial charge in [-0.25, -0.2) is 0 Å². The Hall–Kier alpha value is -5.26. The first kappa shape index (κ1) is 32.6. The van der Waals surface area contributed by atoms with Crippen molar-refractivity contribution in [2.75, 3.05) is 0 Å². The van der Waals surface area contributed by atoms with Gasteiger partial charge >= 0.3 is 11.9 Å². The largest absolute Gasteiger partial charge is 0.494 e. The third-order valence-corrected chi connectivity index (χ3v) is 8.20. The molecule has 2 aliphatic rings. The Kier molecular flexibility index (Phi) is 9.26. The maximum Gasteiger partial charge on any atom is 0.303 e. The number of carbonyl (C=O) groups excluding carboxylic acids is 2. The molecule has 4 rings (SSSR count). The van der Waals surface area contributed by atoms with Gasteiger partial charge in [0.25, 0.3) is 0 Å². The second kappa shape index (κ2) is 12.8. The molecule has 0 fully saturated rings. The van der Waals surface area contributed by atoms with Crippen molar-refractivity contribution in [3.8, 4) is 11.8 Å². The average molecular weight is 617 g/mol. The van der Waals surface area contributed by atoms with E-state index in [4.69, 9.17) is 9.98 Å². The Balaban J connectivity index is 1.80. The number of nitrogens with one attached hydrogen (secondary N) is 2. The summed E-state index contributed by atoms with van der Waals surface area (Å²) in [7, 11) is 0. The van der Waals surface area contributed by atoms with E-state index in [1.165, 1.54) is 13.8 Å². The van der Waals surface area contributed by atoms with Crippen molar-refractivity contribution < 1.29 is 39.6 Å². The number of H-pyrrole nitrogens is 2. The minimum absolute atomic E-state index is 0.137. The van der Waals surface area contributed by atoms with Crippen LogP contribution in [0, 0.1) is 13.8 Å². The number of aromatic hydroxyl groups is 2. The highest BCUT2D eigenvalue weighted by molar-refractivity contribution is 6.21. The van der Waals surface area contributed by atoms with Gasteiger partial charge in [-0.3, -0.25) is 29.2 Å². The van der Waals surface area contributed by atoms with Crippen molar-refractivity contribution in [2.45, 2.75) is 73.6 Å². The molecule has 0 unspecified atom stereocenters. The van der Waals surface area contributed by atoms with Crippen molar-refractivity contribution >= 4 is 47.1 Å². The van der Waals surface area contributed by atoms with Crippen LogP contribution in [0.3, 0.4) is 0 Å². The van der Waals surface area contributed by atoms with Crippen LogP contribution in [0.25, 0.3) is 12.2 Å². The molecular formula is C33H36N4O8. The molecule has 0 atom stereocenters. The number of rotatable bonds is 12. The number of hydrogen-bond donors (Lipinski definition) is 6. The topological polar surface area (TPSA) is 205 Å². The number of carboxylic acid groups (broad SMARTS) is 2. The number of carbonyl (C=O) groups is 4. The molecule has 4 heterocycles. The molecule has 0 spiro atoms. The van der Waals surface area contributed by atoms with Crippen molar-refractivity contribution in [2.24, 2.45) is 9.98 Å². The Morgan fingerprint density at radius 2 is 1.02 bits per heavy atom. The normalized spacial score (nSPS) is 16.7. The third kappa shape index (κ3) is 6.64. The number of carboxylic acids is 2. The van der Waals surface area contributed by atoms with Crippen LogP contribution in [-0.4, -0.2) is 65.3 Å². The Morgan fingerprint density at radius 1 is 0.667 bits per heavy atom. The van der Waals surface area contributed by atoms with Gasteiger partial charge in [0.2, 0.25) is 0 Å². The van der Waals surface area contributed by atoms with Crippen LogP contribution in [0.2, 0.25) is 0 Å². The zero-order valence-corrected chi connectivity index (χ0v) is 26.0. The van der Waals surface area contributed by atoms with Crippen LogP contribution in [-0.2, 0) is 9.59 Å². The number of allylic oxidation sites excluding steroid dienone is 4. The fraction of sp³-hybridized carbons (Fsp3) is 0.333. The van der Waals surface area contributed by atoms with Gasteiger partial charge in [-0.05, 0) is 100.0 Å². The lowest BCUT2D eigenvalue weighted by atomic mass is 9.93. The third-order valence-electron chi connectivity index (χ3n) is 8.20. The first-order valence-corrected chi connectivity index (χ1v) is 14.4. The van der Waals surface area contributed by atoms with Gasteiger partial charge in [0.1, 0.15) is 0 Å². The Labute approximate surface area is 259 Å². The van der Waals surface area contributed by atoms with E-state index in [1.54, 1.807) is 26.0 Å². The van der Waals surface area contributed by atoms with E-state index in [-0.39, 0.29) is 66.6 Å². The predicted octanol–water partition coefficient (Wildman–Crippen LogP) is 5.82. The average Bonchev–Trinajstić information content (AvgIpc) is 3.58. The lowest BCUT2D eigenvalue weighted by molar-refractivity contribution is -0.137. The molecule has 0 saturated heterocycles. The number of aromatic nitrogens is 2. The van der Waals surface area contributed by atoms with Crippen LogP contribution in [0.4, 0.5) is 0 Å². The molecule has 45 heavy (non-hydrogen) atoms. The van der Waals surface area contributed by atoms with Gasteiger partial charge in [-0.2, -0.15) is 0 Å². The maximum atomic E-state index is 12.0. The molecule has 6 N–H and O–H groups in total. The molecule has 0 aliphatic carbocycles. The van der Waals surface area contributed by atoms with E-state index < -0.39 is 11.9 Å². The van der Waals surface area contributed by atoms with E-state index in [9.17, 15) is 39.6 Å². The first-order chi connectivity index (χ1) is 21.1. The quantitative estimate of drug-likeness (QED) is 0.160. The van der Waals surface area contributed by atoms with E-state index in [0.717, 1.165) is 22.3 Å². The molecule has 0 bridgehead atoms. The zero-order valence-electron chi connectivity index (χ0n) is 26.0.